The standard InChI is InChI=1S/C23H26FN3O4/c1-22(2,3)30-21(29)27-11-9-23(10-12-27)14-19(26-31-23)20(28)25-18-6-4-5-15-7-8-16(24)13-17(15)18/h4-8,13H,9-12,14H2,1-3H3,(H,25,28). The summed E-state index contributed by atoms with van der Waals surface area (Å²) in [5.41, 5.74) is -0.324. The molecule has 0 bridgehead atoms. The van der Waals surface area contributed by atoms with Crippen molar-refractivity contribution in [3.63, 3.8) is 0 Å². The number of nitrogens with one attached hydrogen (secondary N) is 1. The third kappa shape index (κ3) is 4.62. The number of piperidine rings is 1. The largest absolute Gasteiger partial charge is 0.444 e. The van der Waals surface area contributed by atoms with Crippen molar-refractivity contribution >= 4 is 34.2 Å². The van der Waals surface area contributed by atoms with Crippen LogP contribution in [0, 0.1) is 5.82 Å². The van der Waals surface area contributed by atoms with Gasteiger partial charge in [0.2, 0.25) is 0 Å². The number of likely N-dealkylation sites (tertiary alicyclic amines) is 1. The van der Waals surface area contributed by atoms with E-state index < -0.39 is 11.2 Å². The number of amides is 2. The van der Waals surface area contributed by atoms with E-state index in [1.165, 1.54) is 12.1 Å². The summed E-state index contributed by atoms with van der Waals surface area (Å²) in [5, 5.41) is 8.31. The maximum atomic E-state index is 13.7. The van der Waals surface area contributed by atoms with Gasteiger partial charge >= 0.3 is 6.09 Å². The number of benzene rings is 2. The van der Waals surface area contributed by atoms with Crippen molar-refractivity contribution in [3.8, 4) is 0 Å². The molecule has 0 saturated carbocycles. The zero-order valence-corrected chi connectivity index (χ0v) is 17.9. The van der Waals surface area contributed by atoms with Gasteiger partial charge in [-0.3, -0.25) is 4.79 Å². The molecule has 1 fully saturated rings. The molecule has 7 nitrogen and oxygen atoms in total. The summed E-state index contributed by atoms with van der Waals surface area (Å²) in [6.45, 7) is 6.45. The van der Waals surface area contributed by atoms with Gasteiger partial charge in [-0.2, -0.15) is 0 Å². The third-order valence-electron chi connectivity index (χ3n) is 5.52. The van der Waals surface area contributed by atoms with Crippen molar-refractivity contribution in [2.75, 3.05) is 18.4 Å². The second-order valence-electron chi connectivity index (χ2n) is 9.08. The molecule has 0 aliphatic carbocycles. The van der Waals surface area contributed by atoms with Crippen molar-refractivity contribution < 1.29 is 23.6 Å². The number of nitrogens with zero attached hydrogens (tertiary/aromatic N) is 2. The Morgan fingerprint density at radius 1 is 1.19 bits per heavy atom. The first kappa shape index (κ1) is 21.1. The number of rotatable bonds is 2. The zero-order valence-electron chi connectivity index (χ0n) is 17.9. The second-order valence-corrected chi connectivity index (χ2v) is 9.08. The van der Waals surface area contributed by atoms with E-state index in [0.717, 1.165) is 5.39 Å². The highest BCUT2D eigenvalue weighted by Gasteiger charge is 2.45. The average molecular weight is 427 g/mol. The average Bonchev–Trinajstić information content (AvgIpc) is 3.11. The molecule has 0 unspecified atom stereocenters. The Kier molecular flexibility index (Phi) is 5.33. The Morgan fingerprint density at radius 3 is 2.65 bits per heavy atom. The first-order valence-electron chi connectivity index (χ1n) is 10.4. The van der Waals surface area contributed by atoms with Crippen LogP contribution in [0.15, 0.2) is 41.6 Å². The topological polar surface area (TPSA) is 80.2 Å². The molecule has 2 aliphatic rings. The van der Waals surface area contributed by atoms with Crippen LogP contribution in [0.3, 0.4) is 0 Å². The Labute approximate surface area is 180 Å². The van der Waals surface area contributed by atoms with Crippen LogP contribution >= 0.6 is 0 Å². The molecule has 2 amide bonds. The Hall–Kier alpha value is -3.16. The summed E-state index contributed by atoms with van der Waals surface area (Å²) in [6.07, 6.45) is 1.14. The minimum absolute atomic E-state index is 0.291. The Balaban J connectivity index is 1.38. The maximum absolute atomic E-state index is 13.7. The lowest BCUT2D eigenvalue weighted by Crippen LogP contribution is -2.48. The van der Waals surface area contributed by atoms with Crippen LogP contribution < -0.4 is 5.32 Å². The summed E-state index contributed by atoms with van der Waals surface area (Å²) >= 11 is 0. The van der Waals surface area contributed by atoms with E-state index in [2.05, 4.69) is 10.5 Å². The molecule has 2 heterocycles. The molecule has 1 N–H and O–H groups in total. The molecule has 0 radical (unpaired) electrons. The number of fused-ring (bicyclic) bond motifs is 1. The first-order chi connectivity index (χ1) is 14.6. The fourth-order valence-electron chi connectivity index (χ4n) is 3.88. The summed E-state index contributed by atoms with van der Waals surface area (Å²) in [6, 6.07) is 9.84. The number of halogens is 1. The van der Waals surface area contributed by atoms with Crippen LogP contribution in [-0.2, 0) is 14.4 Å². The lowest BCUT2D eigenvalue weighted by Gasteiger charge is -2.37. The quantitative estimate of drug-likeness (QED) is 0.767. The van der Waals surface area contributed by atoms with E-state index in [1.54, 1.807) is 23.1 Å². The fraction of sp³-hybridized carbons (Fsp3) is 0.435. The molecule has 0 aromatic heterocycles. The van der Waals surface area contributed by atoms with Gasteiger partial charge in [0, 0.05) is 43.4 Å². The van der Waals surface area contributed by atoms with Crippen LogP contribution in [-0.4, -0.2) is 46.9 Å². The highest BCUT2D eigenvalue weighted by Crippen LogP contribution is 2.35. The number of hydrogen-bond donors (Lipinski definition) is 1. The Morgan fingerprint density at radius 2 is 1.94 bits per heavy atom. The SMILES string of the molecule is CC(C)(C)OC(=O)N1CCC2(CC1)CC(C(=O)Nc1cccc3ccc(F)cc13)=NO2. The predicted molar refractivity (Wildman–Crippen MR) is 115 cm³/mol. The van der Waals surface area contributed by atoms with E-state index in [4.69, 9.17) is 9.57 Å². The minimum Gasteiger partial charge on any atom is -0.444 e. The zero-order chi connectivity index (χ0) is 22.2. The van der Waals surface area contributed by atoms with Gasteiger partial charge in [-0.05, 0) is 44.4 Å². The smallest absolute Gasteiger partial charge is 0.410 e. The normalized spacial score (nSPS) is 17.9. The molecule has 2 aromatic carbocycles. The van der Waals surface area contributed by atoms with Gasteiger partial charge in [0.05, 0.1) is 0 Å². The number of carbonyl (C=O) groups excluding carboxylic acids is 2. The van der Waals surface area contributed by atoms with Crippen LogP contribution in [0.4, 0.5) is 14.9 Å². The Bertz CT molecular complexity index is 1050. The van der Waals surface area contributed by atoms with E-state index in [1.807, 2.05) is 26.8 Å². The van der Waals surface area contributed by atoms with E-state index in [9.17, 15) is 14.0 Å². The number of anilines is 1. The van der Waals surface area contributed by atoms with E-state index in [-0.39, 0.29) is 17.8 Å². The molecule has 4 rings (SSSR count). The number of hydrogen-bond acceptors (Lipinski definition) is 5. The van der Waals surface area contributed by atoms with Crippen LogP contribution in [0.25, 0.3) is 10.8 Å². The molecular formula is C23H26FN3O4. The monoisotopic (exact) mass is 427 g/mol. The summed E-state index contributed by atoms with van der Waals surface area (Å²) < 4.78 is 19.1. The summed E-state index contributed by atoms with van der Waals surface area (Å²) in [7, 11) is 0. The molecule has 31 heavy (non-hydrogen) atoms. The summed E-state index contributed by atoms with van der Waals surface area (Å²) in [5.74, 6) is -0.741. The van der Waals surface area contributed by atoms with Crippen molar-refractivity contribution in [1.82, 2.24) is 4.90 Å². The molecule has 1 saturated heterocycles. The molecule has 1 spiro atoms. The molecule has 2 aliphatic heterocycles. The maximum Gasteiger partial charge on any atom is 0.410 e. The minimum atomic E-state index is -0.587. The van der Waals surface area contributed by atoms with Gasteiger partial charge in [0.15, 0.2) is 0 Å². The fourth-order valence-corrected chi connectivity index (χ4v) is 3.88. The molecule has 0 atom stereocenters. The van der Waals surface area contributed by atoms with Crippen molar-refractivity contribution in [1.29, 1.82) is 0 Å². The van der Waals surface area contributed by atoms with Crippen molar-refractivity contribution in [2.45, 2.75) is 51.2 Å². The second kappa shape index (κ2) is 7.83. The van der Waals surface area contributed by atoms with Gasteiger partial charge in [-0.15, -0.1) is 0 Å². The van der Waals surface area contributed by atoms with Gasteiger partial charge in [0.1, 0.15) is 22.7 Å². The van der Waals surface area contributed by atoms with Crippen LogP contribution in [0.5, 0.6) is 0 Å². The van der Waals surface area contributed by atoms with Crippen LogP contribution in [0.1, 0.15) is 40.0 Å². The van der Waals surface area contributed by atoms with E-state index in [0.29, 0.717) is 49.1 Å². The van der Waals surface area contributed by atoms with Gasteiger partial charge in [-0.1, -0.05) is 23.4 Å². The predicted octanol–water partition coefficient (Wildman–Crippen LogP) is 4.46. The summed E-state index contributed by atoms with van der Waals surface area (Å²) in [4.78, 5) is 32.4. The van der Waals surface area contributed by atoms with Crippen molar-refractivity contribution in [2.24, 2.45) is 5.16 Å². The first-order valence-corrected chi connectivity index (χ1v) is 10.4. The highest BCUT2D eigenvalue weighted by atomic mass is 19.1. The highest BCUT2D eigenvalue weighted by molar-refractivity contribution is 6.43. The molecule has 164 valence electrons. The van der Waals surface area contributed by atoms with E-state index >= 15 is 0 Å². The van der Waals surface area contributed by atoms with Gasteiger partial charge in [0.25, 0.3) is 5.91 Å². The van der Waals surface area contributed by atoms with Gasteiger partial charge in [-0.25, -0.2) is 9.18 Å². The molecular weight excluding hydrogens is 401 g/mol. The lowest BCUT2D eigenvalue weighted by atomic mass is 9.87. The molecule has 2 aromatic rings. The van der Waals surface area contributed by atoms with Crippen LogP contribution in [0.2, 0.25) is 0 Å². The lowest BCUT2D eigenvalue weighted by molar-refractivity contribution is -0.110. The number of carbonyl (C=O) groups is 2. The molecule has 8 heteroatoms. The third-order valence-corrected chi connectivity index (χ3v) is 5.52. The van der Waals surface area contributed by atoms with Gasteiger partial charge < -0.3 is 19.8 Å². The van der Waals surface area contributed by atoms with Crippen molar-refractivity contribution in [3.05, 3.63) is 42.2 Å². The number of oxime groups is 1. The number of ether oxygens (including phenoxy) is 1.